The van der Waals surface area contributed by atoms with E-state index >= 15 is 0 Å². The molecule has 0 rings (SSSR count). The van der Waals surface area contributed by atoms with Gasteiger partial charge in [-0.1, -0.05) is 0 Å². The summed E-state index contributed by atoms with van der Waals surface area (Å²) in [5.74, 6) is 0. The second-order valence-electron chi connectivity index (χ2n) is 1.06. The molecule has 0 bridgehead atoms. The smallest absolute Gasteiger partial charge is 0.316 e. The van der Waals surface area contributed by atoms with Crippen LogP contribution in [0.3, 0.4) is 0 Å². The Morgan fingerprint density at radius 3 is 1.80 bits per heavy atom. The summed E-state index contributed by atoms with van der Waals surface area (Å²) in [5, 5.41) is 0. The van der Waals surface area contributed by atoms with Crippen LogP contribution in [0.4, 0.5) is 0 Å². The van der Waals surface area contributed by atoms with Crippen LogP contribution in [0.1, 0.15) is 0 Å². The van der Waals surface area contributed by atoms with Crippen molar-refractivity contribution in [3.63, 3.8) is 0 Å². The van der Waals surface area contributed by atoms with Crippen molar-refractivity contribution >= 4 is 36.2 Å². The third-order valence-electron chi connectivity index (χ3n) is 0.214. The molecule has 0 saturated carbocycles. The van der Waals surface area contributed by atoms with Gasteiger partial charge in [0.05, 0.1) is 9.83 Å². The highest BCUT2D eigenvalue weighted by Gasteiger charge is 2.19. The van der Waals surface area contributed by atoms with Gasteiger partial charge in [0.25, 0.3) is 0 Å². The molecule has 0 aromatic rings. The van der Waals surface area contributed by atoms with E-state index in [-0.39, 0.29) is 20.2 Å². The van der Waals surface area contributed by atoms with Crippen molar-refractivity contribution in [3.8, 4) is 0 Å². The molecule has 6 nitrogen and oxygen atoms in total. The summed E-state index contributed by atoms with van der Waals surface area (Å²) in [7, 11) is -4.86. The van der Waals surface area contributed by atoms with Gasteiger partial charge in [-0.2, -0.15) is 8.42 Å². The van der Waals surface area contributed by atoms with E-state index in [1.807, 2.05) is 0 Å². The van der Waals surface area contributed by atoms with Crippen LogP contribution < -0.4 is 0 Å². The summed E-state index contributed by atoms with van der Waals surface area (Å²) >= 11 is 0. The Balaban J connectivity index is 3.92. The molecule has 0 radical (unpaired) electrons. The summed E-state index contributed by atoms with van der Waals surface area (Å²) in [5.41, 5.74) is 0. The van der Waals surface area contributed by atoms with Crippen molar-refractivity contribution < 1.29 is 27.3 Å². The van der Waals surface area contributed by atoms with Gasteiger partial charge in [0.15, 0.2) is 0 Å². The normalized spacial score (nSPS) is 13.5. The molecule has 10 heavy (non-hydrogen) atoms. The highest BCUT2D eigenvalue weighted by Crippen LogP contribution is 2.58. The molecule has 3 N–H and O–H groups in total. The molecule has 0 saturated heterocycles. The standard InChI is InChI=1S/H3O6PS3/c1-7(2,3)8-9-10(4,5)6/h(H2,1,2,3)(H,4,5,6). The Hall–Kier alpha value is 0.760. The van der Waals surface area contributed by atoms with Crippen molar-refractivity contribution in [3.05, 3.63) is 0 Å². The fraction of sp³-hybridized carbons (Fsp3) is 0. The van der Waals surface area contributed by atoms with E-state index in [9.17, 15) is 13.0 Å². The predicted octanol–water partition coefficient (Wildman–Crippen LogP) is 0.263. The third-order valence-corrected chi connectivity index (χ3v) is 7.41. The van der Waals surface area contributed by atoms with Gasteiger partial charge in [-0.15, -0.1) is 0 Å². The van der Waals surface area contributed by atoms with E-state index in [2.05, 4.69) is 0 Å². The molecule has 0 heterocycles. The first kappa shape index (κ1) is 10.8. The first-order valence-electron chi connectivity index (χ1n) is 1.61. The molecular formula is H3O6PS3. The summed E-state index contributed by atoms with van der Waals surface area (Å²) in [6.45, 7) is -4.42. The zero-order valence-corrected chi connectivity index (χ0v) is 7.58. The van der Waals surface area contributed by atoms with Crippen LogP contribution in [-0.4, -0.2) is 22.8 Å². The minimum atomic E-state index is -4.42. The largest absolute Gasteiger partial charge is 0.395 e. The minimum absolute atomic E-state index is 0.214. The lowest BCUT2D eigenvalue weighted by molar-refractivity contribution is 0.397. The van der Waals surface area contributed by atoms with Crippen LogP contribution in [0.2, 0.25) is 0 Å². The fourth-order valence-electron chi connectivity index (χ4n) is 0.0781. The van der Waals surface area contributed by atoms with E-state index in [0.29, 0.717) is 0 Å². The molecular weight excluding hydrogens is 223 g/mol. The summed E-state index contributed by atoms with van der Waals surface area (Å²) in [4.78, 5) is 16.1. The van der Waals surface area contributed by atoms with E-state index in [0.717, 1.165) is 0 Å². The Morgan fingerprint density at radius 2 is 1.70 bits per heavy atom. The van der Waals surface area contributed by atoms with Crippen LogP contribution in [-0.2, 0) is 13.7 Å². The number of rotatable bonds is 3. The highest BCUT2D eigenvalue weighted by molar-refractivity contribution is 9.17. The average molecular weight is 226 g/mol. The third kappa shape index (κ3) is 8.76. The molecule has 0 unspecified atom stereocenters. The zero-order valence-electron chi connectivity index (χ0n) is 4.24. The van der Waals surface area contributed by atoms with Gasteiger partial charge in [-0.3, -0.25) is 4.55 Å². The molecule has 0 aliphatic rings. The van der Waals surface area contributed by atoms with E-state index in [1.54, 1.807) is 0 Å². The van der Waals surface area contributed by atoms with Crippen LogP contribution in [0.5, 0.6) is 0 Å². The zero-order chi connectivity index (χ0) is 8.41. The number of hydrogen-bond acceptors (Lipinski definition) is 5. The molecule has 0 aliphatic carbocycles. The van der Waals surface area contributed by atoms with Crippen LogP contribution in [0.25, 0.3) is 0 Å². The summed E-state index contributed by atoms with van der Waals surface area (Å²) in [6.07, 6.45) is 0. The molecule has 0 spiro atoms. The Morgan fingerprint density at radius 1 is 1.30 bits per heavy atom. The maximum atomic E-state index is 9.94. The second kappa shape index (κ2) is 3.44. The number of hydrogen-bond donors (Lipinski definition) is 3. The first-order valence-corrected chi connectivity index (χ1v) is 7.94. The maximum absolute atomic E-state index is 9.94. The molecule has 0 fully saturated rings. The Labute approximate surface area is 63.8 Å². The van der Waals surface area contributed by atoms with Gasteiger partial charge in [-0.25, -0.2) is 4.57 Å². The van der Waals surface area contributed by atoms with Gasteiger partial charge >= 0.3 is 15.9 Å². The molecule has 62 valence electrons. The van der Waals surface area contributed by atoms with Crippen molar-refractivity contribution in [1.82, 2.24) is 0 Å². The van der Waals surface area contributed by atoms with Crippen molar-refractivity contribution in [1.29, 1.82) is 0 Å². The Bertz CT molecular complexity index is 232. The average Bonchev–Trinajstić information content (AvgIpc) is 1.57. The van der Waals surface area contributed by atoms with Crippen molar-refractivity contribution in [2.45, 2.75) is 0 Å². The monoisotopic (exact) mass is 226 g/mol. The van der Waals surface area contributed by atoms with Gasteiger partial charge in [0.2, 0.25) is 0 Å². The lowest BCUT2D eigenvalue weighted by Crippen LogP contribution is -1.84. The van der Waals surface area contributed by atoms with E-state index < -0.39 is 15.9 Å². The molecule has 0 aromatic heterocycles. The summed E-state index contributed by atoms with van der Waals surface area (Å²) in [6, 6.07) is 0. The van der Waals surface area contributed by atoms with E-state index in [4.69, 9.17) is 14.3 Å². The lowest BCUT2D eigenvalue weighted by Gasteiger charge is -1.97. The van der Waals surface area contributed by atoms with Crippen molar-refractivity contribution in [2.24, 2.45) is 0 Å². The fourth-order valence-corrected chi connectivity index (χ4v) is 6.33. The molecule has 0 atom stereocenters. The van der Waals surface area contributed by atoms with Gasteiger partial charge in [0, 0.05) is 10.4 Å². The van der Waals surface area contributed by atoms with E-state index in [1.165, 1.54) is 0 Å². The quantitative estimate of drug-likeness (QED) is 0.357. The van der Waals surface area contributed by atoms with Crippen molar-refractivity contribution in [2.75, 3.05) is 0 Å². The van der Waals surface area contributed by atoms with Crippen LogP contribution in [0.15, 0.2) is 0 Å². The SMILES string of the molecule is O=P(O)(O)SSS(=O)(=O)O. The van der Waals surface area contributed by atoms with Crippen LogP contribution >= 0.6 is 27.0 Å². The molecule has 0 aliphatic heterocycles. The lowest BCUT2D eigenvalue weighted by atomic mass is 15.8. The Kier molecular flexibility index (Phi) is 3.70. The highest BCUT2D eigenvalue weighted by atomic mass is 33.6. The first-order chi connectivity index (χ1) is 4.21. The molecule has 10 heteroatoms. The minimum Gasteiger partial charge on any atom is -0.316 e. The van der Waals surface area contributed by atoms with Gasteiger partial charge < -0.3 is 9.79 Å². The summed E-state index contributed by atoms with van der Waals surface area (Å²) < 4.78 is 37.6. The van der Waals surface area contributed by atoms with Gasteiger partial charge in [0.1, 0.15) is 0 Å². The topological polar surface area (TPSA) is 112 Å². The molecule has 0 amide bonds. The van der Waals surface area contributed by atoms with Gasteiger partial charge in [-0.05, 0) is 0 Å². The predicted molar refractivity (Wildman–Crippen MR) is 38.8 cm³/mol. The maximum Gasteiger partial charge on any atom is 0.395 e. The van der Waals surface area contributed by atoms with Crippen LogP contribution in [0, 0.1) is 0 Å². The second-order valence-corrected chi connectivity index (χ2v) is 9.30. The molecule has 0 aromatic carbocycles.